The van der Waals surface area contributed by atoms with Gasteiger partial charge in [-0.15, -0.1) is 11.3 Å². The van der Waals surface area contributed by atoms with E-state index in [1.54, 1.807) is 0 Å². The zero-order valence-electron chi connectivity index (χ0n) is 25.4. The van der Waals surface area contributed by atoms with Crippen molar-refractivity contribution >= 4 is 92.1 Å². The molecule has 47 heavy (non-hydrogen) atoms. The second kappa shape index (κ2) is 10.3. The Kier molecular flexibility index (Phi) is 5.78. The standard InChI is InChI=1S/C44H27NOS/c1-2-9-31(10-3-1)45(32-22-19-28(20-23-32)35-13-8-14-39-37-12-5-7-16-41(37)47-44(35)39)33-24-26-34-30(27-33)18-17-29-21-25-38-36-11-4-6-15-40(36)46-43(38)42(29)34/h1-27H. The fourth-order valence-electron chi connectivity index (χ4n) is 7.24. The predicted molar refractivity (Wildman–Crippen MR) is 202 cm³/mol. The van der Waals surface area contributed by atoms with Gasteiger partial charge in [-0.3, -0.25) is 0 Å². The van der Waals surface area contributed by atoms with Crippen LogP contribution in [0.4, 0.5) is 17.1 Å². The Morgan fingerprint density at radius 2 is 1.13 bits per heavy atom. The molecular formula is C44H27NOS. The quantitative estimate of drug-likeness (QED) is 0.183. The van der Waals surface area contributed by atoms with E-state index in [0.717, 1.165) is 44.4 Å². The van der Waals surface area contributed by atoms with Crippen molar-refractivity contribution in [1.82, 2.24) is 0 Å². The van der Waals surface area contributed by atoms with E-state index in [1.807, 2.05) is 17.4 Å². The number of rotatable bonds is 4. The minimum Gasteiger partial charge on any atom is -0.455 e. The number of furan rings is 1. The number of benzene rings is 8. The van der Waals surface area contributed by atoms with Crippen molar-refractivity contribution < 1.29 is 4.42 Å². The Bertz CT molecular complexity index is 2790. The van der Waals surface area contributed by atoms with Gasteiger partial charge in [-0.1, -0.05) is 109 Å². The largest absolute Gasteiger partial charge is 0.455 e. The van der Waals surface area contributed by atoms with Gasteiger partial charge in [0.05, 0.1) is 0 Å². The summed E-state index contributed by atoms with van der Waals surface area (Å²) in [6, 6.07) is 58.9. The summed E-state index contributed by atoms with van der Waals surface area (Å²) < 4.78 is 9.13. The first-order chi connectivity index (χ1) is 23.3. The van der Waals surface area contributed by atoms with Crippen molar-refractivity contribution in [2.45, 2.75) is 0 Å². The number of fused-ring (bicyclic) bond motifs is 10. The minimum atomic E-state index is 0.922. The first-order valence-electron chi connectivity index (χ1n) is 15.9. The van der Waals surface area contributed by atoms with E-state index in [2.05, 4.69) is 163 Å². The SMILES string of the molecule is c1ccc(N(c2ccc(-c3cccc4c3sc3ccccc34)cc2)c2ccc3c(ccc4ccc5c6ccccc6oc5c43)c2)cc1. The first kappa shape index (κ1) is 26.3. The third-order valence-electron chi connectivity index (χ3n) is 9.44. The van der Waals surface area contributed by atoms with Gasteiger partial charge in [0.15, 0.2) is 0 Å². The van der Waals surface area contributed by atoms with Crippen LogP contribution in [0.2, 0.25) is 0 Å². The summed E-state index contributed by atoms with van der Waals surface area (Å²) in [5.41, 5.74) is 7.71. The minimum absolute atomic E-state index is 0.922. The van der Waals surface area contributed by atoms with Crippen LogP contribution in [0.3, 0.4) is 0 Å². The van der Waals surface area contributed by atoms with Crippen LogP contribution in [-0.2, 0) is 0 Å². The van der Waals surface area contributed by atoms with Gasteiger partial charge in [0.1, 0.15) is 11.2 Å². The van der Waals surface area contributed by atoms with Gasteiger partial charge in [0.25, 0.3) is 0 Å². The maximum Gasteiger partial charge on any atom is 0.143 e. The van der Waals surface area contributed by atoms with Crippen molar-refractivity contribution in [3.05, 3.63) is 164 Å². The van der Waals surface area contributed by atoms with Gasteiger partial charge >= 0.3 is 0 Å². The average Bonchev–Trinajstić information content (AvgIpc) is 3.71. The Morgan fingerprint density at radius 3 is 2.02 bits per heavy atom. The molecule has 8 aromatic carbocycles. The molecule has 2 nitrogen and oxygen atoms in total. The smallest absolute Gasteiger partial charge is 0.143 e. The van der Waals surface area contributed by atoms with Crippen LogP contribution in [0.15, 0.2) is 168 Å². The van der Waals surface area contributed by atoms with Gasteiger partial charge in [-0.2, -0.15) is 0 Å². The highest BCUT2D eigenvalue weighted by molar-refractivity contribution is 7.26. The molecule has 3 heteroatoms. The van der Waals surface area contributed by atoms with E-state index in [-0.39, 0.29) is 0 Å². The van der Waals surface area contributed by atoms with E-state index in [9.17, 15) is 0 Å². The molecule has 2 heterocycles. The number of nitrogens with zero attached hydrogens (tertiary/aromatic N) is 1. The molecule has 10 rings (SSSR count). The lowest BCUT2D eigenvalue weighted by atomic mass is 9.98. The van der Waals surface area contributed by atoms with E-state index >= 15 is 0 Å². The number of para-hydroxylation sites is 2. The molecule has 0 aliphatic heterocycles. The monoisotopic (exact) mass is 617 g/mol. The maximum absolute atomic E-state index is 6.47. The third kappa shape index (κ3) is 4.10. The van der Waals surface area contributed by atoms with Crippen molar-refractivity contribution in [2.24, 2.45) is 0 Å². The molecule has 220 valence electrons. The first-order valence-corrected chi connectivity index (χ1v) is 16.7. The predicted octanol–water partition coefficient (Wildman–Crippen LogP) is 13.4. The number of anilines is 3. The molecule has 0 N–H and O–H groups in total. The molecular weight excluding hydrogens is 591 g/mol. The lowest BCUT2D eigenvalue weighted by Crippen LogP contribution is -2.09. The normalized spacial score (nSPS) is 11.8. The number of thiophene rings is 1. The van der Waals surface area contributed by atoms with Crippen molar-refractivity contribution in [2.75, 3.05) is 4.90 Å². The highest BCUT2D eigenvalue weighted by atomic mass is 32.1. The van der Waals surface area contributed by atoms with Crippen molar-refractivity contribution in [1.29, 1.82) is 0 Å². The van der Waals surface area contributed by atoms with Crippen LogP contribution in [0.1, 0.15) is 0 Å². The second-order valence-electron chi connectivity index (χ2n) is 12.1. The van der Waals surface area contributed by atoms with Gasteiger partial charge < -0.3 is 9.32 Å². The molecule has 0 aliphatic carbocycles. The molecule has 2 aromatic heterocycles. The van der Waals surface area contributed by atoms with Crippen LogP contribution in [0.5, 0.6) is 0 Å². The molecule has 0 radical (unpaired) electrons. The highest BCUT2D eigenvalue weighted by Crippen LogP contribution is 2.43. The van der Waals surface area contributed by atoms with E-state index in [0.29, 0.717) is 0 Å². The summed E-state index contributed by atoms with van der Waals surface area (Å²) in [4.78, 5) is 2.34. The summed E-state index contributed by atoms with van der Waals surface area (Å²) in [5, 5.41) is 9.66. The van der Waals surface area contributed by atoms with Gasteiger partial charge in [0, 0.05) is 53.4 Å². The summed E-state index contributed by atoms with van der Waals surface area (Å²) >= 11 is 1.87. The molecule has 0 aliphatic rings. The molecule has 0 saturated heterocycles. The maximum atomic E-state index is 6.47. The summed E-state index contributed by atoms with van der Waals surface area (Å²) in [6.45, 7) is 0. The van der Waals surface area contributed by atoms with Gasteiger partial charge in [-0.05, 0) is 81.9 Å². The third-order valence-corrected chi connectivity index (χ3v) is 10.7. The van der Waals surface area contributed by atoms with E-state index < -0.39 is 0 Å². The summed E-state index contributed by atoms with van der Waals surface area (Å²) in [5.74, 6) is 0. The van der Waals surface area contributed by atoms with Gasteiger partial charge in [0.2, 0.25) is 0 Å². The fourth-order valence-corrected chi connectivity index (χ4v) is 8.48. The Labute approximate surface area is 275 Å². The molecule has 0 saturated carbocycles. The van der Waals surface area contributed by atoms with Gasteiger partial charge in [-0.25, -0.2) is 0 Å². The topological polar surface area (TPSA) is 16.4 Å². The average molecular weight is 618 g/mol. The summed E-state index contributed by atoms with van der Waals surface area (Å²) in [7, 11) is 0. The Hall–Kier alpha value is -5.90. The highest BCUT2D eigenvalue weighted by Gasteiger charge is 2.17. The number of hydrogen-bond acceptors (Lipinski definition) is 3. The number of hydrogen-bond donors (Lipinski definition) is 0. The van der Waals surface area contributed by atoms with Crippen LogP contribution in [-0.4, -0.2) is 0 Å². The molecule has 10 aromatic rings. The second-order valence-corrected chi connectivity index (χ2v) is 13.2. The lowest BCUT2D eigenvalue weighted by Gasteiger charge is -2.26. The van der Waals surface area contributed by atoms with E-state index in [4.69, 9.17) is 4.42 Å². The molecule has 0 amide bonds. The van der Waals surface area contributed by atoms with Crippen LogP contribution in [0.25, 0.3) is 74.8 Å². The van der Waals surface area contributed by atoms with Crippen LogP contribution >= 0.6 is 11.3 Å². The van der Waals surface area contributed by atoms with Crippen LogP contribution in [0, 0.1) is 0 Å². The lowest BCUT2D eigenvalue weighted by molar-refractivity contribution is 0.673. The van der Waals surface area contributed by atoms with Crippen molar-refractivity contribution in [3.63, 3.8) is 0 Å². The summed E-state index contributed by atoms with van der Waals surface area (Å²) in [6.07, 6.45) is 0. The molecule has 0 atom stereocenters. The Morgan fingerprint density at radius 1 is 0.447 bits per heavy atom. The molecule has 0 unspecified atom stereocenters. The zero-order valence-corrected chi connectivity index (χ0v) is 26.2. The Balaban J connectivity index is 1.11. The zero-order chi connectivity index (χ0) is 30.9. The van der Waals surface area contributed by atoms with Crippen LogP contribution < -0.4 is 4.90 Å². The van der Waals surface area contributed by atoms with E-state index in [1.165, 1.54) is 47.5 Å². The van der Waals surface area contributed by atoms with Crippen molar-refractivity contribution in [3.8, 4) is 11.1 Å². The molecule has 0 fully saturated rings. The fraction of sp³-hybridized carbons (Fsp3) is 0. The molecule has 0 bridgehead atoms. The molecule has 0 spiro atoms.